The number of hydrogen-bond donors (Lipinski definition) is 3. The van der Waals surface area contributed by atoms with Crippen LogP contribution in [0.4, 0.5) is 4.79 Å². The van der Waals surface area contributed by atoms with Crippen molar-refractivity contribution >= 4 is 17.9 Å². The lowest BCUT2D eigenvalue weighted by Gasteiger charge is -2.20. The van der Waals surface area contributed by atoms with Crippen LogP contribution in [0.3, 0.4) is 0 Å². The Labute approximate surface area is 105 Å². The highest BCUT2D eigenvalue weighted by molar-refractivity contribution is 5.87. The second-order valence-corrected chi connectivity index (χ2v) is 4.86. The summed E-state index contributed by atoms with van der Waals surface area (Å²) >= 11 is 0. The molecule has 0 saturated heterocycles. The van der Waals surface area contributed by atoms with Gasteiger partial charge in [-0.15, -0.1) is 0 Å². The summed E-state index contributed by atoms with van der Waals surface area (Å²) in [5.74, 6) is -0.933. The van der Waals surface area contributed by atoms with E-state index in [1.807, 2.05) is 0 Å². The topological polar surface area (TPSA) is 113 Å². The van der Waals surface area contributed by atoms with Crippen molar-refractivity contribution in [1.82, 2.24) is 10.2 Å². The number of nitrogens with zero attached hydrogens (tertiary/aromatic N) is 1. The van der Waals surface area contributed by atoms with Gasteiger partial charge in [-0.2, -0.15) is 0 Å². The first-order chi connectivity index (χ1) is 8.31. The molecule has 0 aromatic carbocycles. The summed E-state index contributed by atoms with van der Waals surface area (Å²) in [6, 6.07) is -1.77. The van der Waals surface area contributed by atoms with Crippen LogP contribution in [0, 0.1) is 11.8 Å². The molecule has 0 heterocycles. The summed E-state index contributed by atoms with van der Waals surface area (Å²) in [7, 11) is 1.60. The van der Waals surface area contributed by atoms with E-state index in [-0.39, 0.29) is 0 Å². The summed E-state index contributed by atoms with van der Waals surface area (Å²) < 4.78 is 0. The Bertz CT molecular complexity index is 358. The molecule has 4 N–H and O–H groups in total. The summed E-state index contributed by atoms with van der Waals surface area (Å²) in [6.45, 7) is 2.69. The van der Waals surface area contributed by atoms with Crippen LogP contribution in [-0.4, -0.2) is 47.5 Å². The molecule has 18 heavy (non-hydrogen) atoms. The van der Waals surface area contributed by atoms with Crippen molar-refractivity contribution in [3.63, 3.8) is 0 Å². The quantitative estimate of drug-likeness (QED) is 0.601. The van der Waals surface area contributed by atoms with Crippen molar-refractivity contribution < 1.29 is 19.5 Å². The van der Waals surface area contributed by atoms with E-state index in [1.54, 1.807) is 7.05 Å². The van der Waals surface area contributed by atoms with Crippen LogP contribution in [0.5, 0.6) is 0 Å². The number of rotatable bonds is 6. The van der Waals surface area contributed by atoms with Crippen molar-refractivity contribution in [2.45, 2.75) is 25.8 Å². The first-order valence-electron chi connectivity index (χ1n) is 5.84. The van der Waals surface area contributed by atoms with Gasteiger partial charge in [0.15, 0.2) is 0 Å². The van der Waals surface area contributed by atoms with Gasteiger partial charge in [0.25, 0.3) is 0 Å². The SMILES string of the molecule is CC1CC1CN(C)C(=O)N[C@@H](CC(N)=O)C(=O)O. The first kappa shape index (κ1) is 14.3. The van der Waals surface area contributed by atoms with Crippen LogP contribution in [-0.2, 0) is 9.59 Å². The van der Waals surface area contributed by atoms with Crippen molar-refractivity contribution in [3.05, 3.63) is 0 Å². The molecule has 0 aromatic rings. The highest BCUT2D eigenvalue weighted by Crippen LogP contribution is 2.37. The highest BCUT2D eigenvalue weighted by Gasteiger charge is 2.34. The van der Waals surface area contributed by atoms with Crippen LogP contribution in [0.25, 0.3) is 0 Å². The monoisotopic (exact) mass is 257 g/mol. The number of urea groups is 1. The Morgan fingerprint density at radius 1 is 1.50 bits per heavy atom. The average Bonchev–Trinajstić information content (AvgIpc) is 2.92. The van der Waals surface area contributed by atoms with Gasteiger partial charge < -0.3 is 21.1 Å². The van der Waals surface area contributed by atoms with E-state index in [2.05, 4.69) is 12.2 Å². The zero-order valence-electron chi connectivity index (χ0n) is 10.5. The summed E-state index contributed by atoms with van der Waals surface area (Å²) in [5, 5.41) is 11.1. The van der Waals surface area contributed by atoms with Crippen molar-refractivity contribution in [1.29, 1.82) is 0 Å². The Morgan fingerprint density at radius 2 is 2.06 bits per heavy atom. The summed E-state index contributed by atoms with van der Waals surface area (Å²) in [5.41, 5.74) is 4.92. The van der Waals surface area contributed by atoms with Crippen LogP contribution in [0.2, 0.25) is 0 Å². The van der Waals surface area contributed by atoms with E-state index in [1.165, 1.54) is 4.90 Å². The number of hydrogen-bond acceptors (Lipinski definition) is 3. The third kappa shape index (κ3) is 4.23. The van der Waals surface area contributed by atoms with Crippen molar-refractivity contribution in [3.8, 4) is 0 Å². The van der Waals surface area contributed by atoms with Gasteiger partial charge in [0, 0.05) is 13.6 Å². The molecule has 2 unspecified atom stereocenters. The Hall–Kier alpha value is -1.79. The number of nitrogens with two attached hydrogens (primary N) is 1. The van der Waals surface area contributed by atoms with Crippen LogP contribution in [0.1, 0.15) is 19.8 Å². The largest absolute Gasteiger partial charge is 0.480 e. The van der Waals surface area contributed by atoms with E-state index in [0.29, 0.717) is 18.4 Å². The molecule has 1 saturated carbocycles. The minimum Gasteiger partial charge on any atom is -0.480 e. The van der Waals surface area contributed by atoms with Gasteiger partial charge in [-0.05, 0) is 18.3 Å². The molecule has 0 aromatic heterocycles. The Balaban J connectivity index is 2.44. The number of carbonyl (C=O) groups is 3. The molecule has 7 nitrogen and oxygen atoms in total. The molecule has 0 radical (unpaired) electrons. The number of carboxylic acid groups (broad SMARTS) is 1. The molecule has 1 rings (SSSR count). The molecular formula is C11H19N3O4. The van der Waals surface area contributed by atoms with Gasteiger partial charge in [0.2, 0.25) is 5.91 Å². The summed E-state index contributed by atoms with van der Waals surface area (Å²) in [6.07, 6.45) is 0.677. The van der Waals surface area contributed by atoms with Crippen molar-refractivity contribution in [2.75, 3.05) is 13.6 Å². The zero-order valence-corrected chi connectivity index (χ0v) is 10.5. The fourth-order valence-electron chi connectivity index (χ4n) is 1.75. The van der Waals surface area contributed by atoms with Crippen LogP contribution >= 0.6 is 0 Å². The molecule has 1 aliphatic carbocycles. The first-order valence-corrected chi connectivity index (χ1v) is 5.84. The molecule has 7 heteroatoms. The standard InChI is InChI=1S/C11H19N3O4/c1-6-3-7(6)5-14(2)11(18)13-8(10(16)17)4-9(12)15/h6-8H,3-5H2,1-2H3,(H2,12,15)(H,13,18)(H,16,17)/t6?,7?,8-/m0/s1. The average molecular weight is 257 g/mol. The number of aliphatic carboxylic acids is 1. The van der Waals surface area contributed by atoms with E-state index in [0.717, 1.165) is 6.42 Å². The number of nitrogens with one attached hydrogen (secondary N) is 1. The number of primary amides is 1. The molecular weight excluding hydrogens is 238 g/mol. The predicted octanol–water partition coefficient (Wildman–Crippen LogP) is -0.388. The second kappa shape index (κ2) is 5.70. The lowest BCUT2D eigenvalue weighted by molar-refractivity contribution is -0.140. The van der Waals surface area contributed by atoms with E-state index in [4.69, 9.17) is 10.8 Å². The maximum absolute atomic E-state index is 11.7. The molecule has 3 amide bonds. The number of carboxylic acids is 1. The predicted molar refractivity (Wildman–Crippen MR) is 63.7 cm³/mol. The molecule has 0 bridgehead atoms. The fraction of sp³-hybridized carbons (Fsp3) is 0.727. The lowest BCUT2D eigenvalue weighted by Crippen LogP contribution is -2.48. The fourth-order valence-corrected chi connectivity index (χ4v) is 1.75. The van der Waals surface area contributed by atoms with Crippen LogP contribution in [0.15, 0.2) is 0 Å². The Kier molecular flexibility index (Phi) is 4.52. The Morgan fingerprint density at radius 3 is 2.44 bits per heavy atom. The van der Waals surface area contributed by atoms with Gasteiger partial charge in [-0.25, -0.2) is 9.59 Å². The van der Waals surface area contributed by atoms with Crippen molar-refractivity contribution in [2.24, 2.45) is 17.6 Å². The van der Waals surface area contributed by atoms with Gasteiger partial charge >= 0.3 is 12.0 Å². The molecule has 3 atom stereocenters. The lowest BCUT2D eigenvalue weighted by atomic mass is 10.2. The number of amides is 3. The minimum absolute atomic E-state index is 0.408. The molecule has 0 spiro atoms. The zero-order chi connectivity index (χ0) is 13.9. The summed E-state index contributed by atoms with van der Waals surface area (Å²) in [4.78, 5) is 34.7. The molecule has 1 fully saturated rings. The van der Waals surface area contributed by atoms with Gasteiger partial charge in [0.05, 0.1) is 6.42 Å². The minimum atomic E-state index is -1.27. The molecule has 1 aliphatic rings. The third-order valence-corrected chi connectivity index (χ3v) is 3.13. The van der Waals surface area contributed by atoms with E-state index >= 15 is 0 Å². The molecule has 0 aliphatic heterocycles. The maximum atomic E-state index is 11.7. The van der Waals surface area contributed by atoms with Gasteiger partial charge in [-0.1, -0.05) is 6.92 Å². The molecule has 102 valence electrons. The van der Waals surface area contributed by atoms with Gasteiger partial charge in [-0.3, -0.25) is 4.79 Å². The maximum Gasteiger partial charge on any atom is 0.326 e. The second-order valence-electron chi connectivity index (χ2n) is 4.86. The van der Waals surface area contributed by atoms with Gasteiger partial charge in [0.1, 0.15) is 6.04 Å². The number of carbonyl (C=O) groups excluding carboxylic acids is 2. The van der Waals surface area contributed by atoms with Crippen LogP contribution < -0.4 is 11.1 Å². The normalized spacial score (nSPS) is 23.0. The van der Waals surface area contributed by atoms with E-state index < -0.39 is 30.4 Å². The smallest absolute Gasteiger partial charge is 0.326 e. The van der Waals surface area contributed by atoms with E-state index in [9.17, 15) is 14.4 Å². The third-order valence-electron chi connectivity index (χ3n) is 3.13. The highest BCUT2D eigenvalue weighted by atomic mass is 16.4.